The number of allylic oxidation sites excluding steroid dienone is 2. The average molecular weight is 373 g/mol. The predicted octanol–water partition coefficient (Wildman–Crippen LogP) is 0.416. The Labute approximate surface area is 159 Å². The van der Waals surface area contributed by atoms with E-state index in [1.54, 1.807) is 12.4 Å². The van der Waals surface area contributed by atoms with Crippen LogP contribution < -0.4 is 0 Å². The number of β-amino-alcohol motifs (C(OH)–C–C–N with tert-alkyl or cyclic N) is 1. The number of rotatable bonds is 7. The minimum absolute atomic E-state index is 0.0777. The molecule has 2 N–H and O–H groups in total. The van der Waals surface area contributed by atoms with Crippen molar-refractivity contribution in [2.45, 2.75) is 18.8 Å². The Hall–Kier alpha value is -2.16. The highest BCUT2D eigenvalue weighted by molar-refractivity contribution is 6.14. The van der Waals surface area contributed by atoms with E-state index in [9.17, 15) is 9.90 Å². The molecule has 0 amide bonds. The van der Waals surface area contributed by atoms with E-state index in [1.165, 1.54) is 12.5 Å². The van der Waals surface area contributed by atoms with Crippen molar-refractivity contribution in [3.8, 4) is 0 Å². The number of ketones is 1. The van der Waals surface area contributed by atoms with Crippen LogP contribution in [0, 0.1) is 0 Å². The molecule has 1 fully saturated rings. The molecule has 27 heavy (non-hydrogen) atoms. The quantitative estimate of drug-likeness (QED) is 0.668. The Morgan fingerprint density at radius 3 is 2.41 bits per heavy atom. The summed E-state index contributed by atoms with van der Waals surface area (Å²) in [6.07, 6.45) is 7.11. The van der Waals surface area contributed by atoms with E-state index in [0.29, 0.717) is 25.0 Å². The monoisotopic (exact) mass is 373 g/mol. The number of carbonyl (C=O) groups is 1. The smallest absolute Gasteiger partial charge is 0.168 e. The standard InChI is InChI=1S/C19H27N5O3/c25-8-7-24-5-3-23(4-6-24)2-1-20-13-17-18(26)9-15(10-19(17)27)16-11-21-14-22-12-16/h11-15,25-26H,1-10H2. The second-order valence-corrected chi connectivity index (χ2v) is 7.00. The molecule has 2 aliphatic rings. The van der Waals surface area contributed by atoms with Crippen LogP contribution in [0.15, 0.2) is 35.0 Å². The molecule has 3 rings (SSSR count). The van der Waals surface area contributed by atoms with E-state index in [0.717, 1.165) is 44.8 Å². The highest BCUT2D eigenvalue weighted by atomic mass is 16.3. The summed E-state index contributed by atoms with van der Waals surface area (Å²) in [4.78, 5) is 29.3. The molecule has 146 valence electrons. The fourth-order valence-electron chi connectivity index (χ4n) is 3.55. The summed E-state index contributed by atoms with van der Waals surface area (Å²) in [6.45, 7) is 6.20. The molecule has 0 bridgehead atoms. The van der Waals surface area contributed by atoms with Gasteiger partial charge in [-0.2, -0.15) is 0 Å². The number of piperazine rings is 1. The van der Waals surface area contributed by atoms with Gasteiger partial charge in [-0.3, -0.25) is 19.6 Å². The molecule has 0 saturated carbocycles. The minimum atomic E-state index is -0.0889. The molecule has 1 aromatic heterocycles. The number of nitrogens with zero attached hydrogens (tertiary/aromatic N) is 5. The number of aromatic nitrogens is 2. The second-order valence-electron chi connectivity index (χ2n) is 7.00. The summed E-state index contributed by atoms with van der Waals surface area (Å²) in [6, 6.07) is 0. The Kier molecular flexibility index (Phi) is 7.03. The molecule has 1 saturated heterocycles. The largest absolute Gasteiger partial charge is 0.511 e. The summed E-state index contributed by atoms with van der Waals surface area (Å²) < 4.78 is 0. The summed E-state index contributed by atoms with van der Waals surface area (Å²) in [7, 11) is 0. The van der Waals surface area contributed by atoms with Crippen LogP contribution in [0.4, 0.5) is 0 Å². The van der Waals surface area contributed by atoms with Gasteiger partial charge in [0.2, 0.25) is 0 Å². The van der Waals surface area contributed by atoms with Gasteiger partial charge in [-0.1, -0.05) is 0 Å². The van der Waals surface area contributed by atoms with Gasteiger partial charge in [-0.25, -0.2) is 9.97 Å². The van der Waals surface area contributed by atoms with Gasteiger partial charge in [0.15, 0.2) is 5.78 Å². The van der Waals surface area contributed by atoms with Crippen LogP contribution in [0.1, 0.15) is 24.3 Å². The fourth-order valence-corrected chi connectivity index (χ4v) is 3.55. The molecule has 8 heteroatoms. The number of aliphatic hydroxyl groups excluding tert-OH is 2. The molecule has 1 unspecified atom stereocenters. The summed E-state index contributed by atoms with van der Waals surface area (Å²) in [5.74, 6) is -0.0680. The van der Waals surface area contributed by atoms with Gasteiger partial charge in [0.25, 0.3) is 0 Å². The number of aliphatic hydroxyl groups is 2. The zero-order valence-electron chi connectivity index (χ0n) is 15.5. The molecule has 1 aliphatic carbocycles. The van der Waals surface area contributed by atoms with Crippen molar-refractivity contribution in [3.63, 3.8) is 0 Å². The number of carbonyl (C=O) groups excluding carboxylic acids is 1. The maximum absolute atomic E-state index is 12.4. The van der Waals surface area contributed by atoms with Crippen LogP contribution in [0.5, 0.6) is 0 Å². The van der Waals surface area contributed by atoms with E-state index in [2.05, 4.69) is 24.8 Å². The minimum Gasteiger partial charge on any atom is -0.511 e. The maximum atomic E-state index is 12.4. The second kappa shape index (κ2) is 9.68. The van der Waals surface area contributed by atoms with Gasteiger partial charge < -0.3 is 10.2 Å². The molecule has 2 heterocycles. The van der Waals surface area contributed by atoms with Gasteiger partial charge in [0, 0.05) is 76.6 Å². The van der Waals surface area contributed by atoms with Gasteiger partial charge >= 0.3 is 0 Å². The third-order valence-electron chi connectivity index (χ3n) is 5.18. The van der Waals surface area contributed by atoms with E-state index >= 15 is 0 Å². The first kappa shape index (κ1) is 19.6. The summed E-state index contributed by atoms with van der Waals surface area (Å²) in [5.41, 5.74) is 1.20. The Morgan fingerprint density at radius 2 is 1.78 bits per heavy atom. The third-order valence-corrected chi connectivity index (χ3v) is 5.18. The van der Waals surface area contributed by atoms with Crippen molar-refractivity contribution in [1.82, 2.24) is 19.8 Å². The highest BCUT2D eigenvalue weighted by Crippen LogP contribution is 2.32. The summed E-state index contributed by atoms with van der Waals surface area (Å²) >= 11 is 0. The van der Waals surface area contributed by atoms with Crippen LogP contribution in [0.25, 0.3) is 0 Å². The lowest BCUT2D eigenvalue weighted by molar-refractivity contribution is -0.116. The van der Waals surface area contributed by atoms with Gasteiger partial charge in [0.1, 0.15) is 12.1 Å². The Bertz CT molecular complexity index is 684. The van der Waals surface area contributed by atoms with Gasteiger partial charge in [0.05, 0.1) is 18.7 Å². The van der Waals surface area contributed by atoms with Gasteiger partial charge in [-0.05, 0) is 5.56 Å². The molecular weight excluding hydrogens is 346 g/mol. The van der Waals surface area contributed by atoms with Crippen molar-refractivity contribution in [1.29, 1.82) is 0 Å². The SMILES string of the molecule is O=C1CC(c2cncnc2)CC(O)=C1C=NCCN1CCN(CCO)CC1. The Morgan fingerprint density at radius 1 is 1.11 bits per heavy atom. The number of hydrogen-bond donors (Lipinski definition) is 2. The van der Waals surface area contributed by atoms with Crippen molar-refractivity contribution >= 4 is 12.0 Å². The molecule has 1 atom stereocenters. The molecule has 0 aromatic carbocycles. The van der Waals surface area contributed by atoms with Crippen LogP contribution >= 0.6 is 0 Å². The molecule has 0 radical (unpaired) electrons. The molecule has 1 aromatic rings. The summed E-state index contributed by atoms with van der Waals surface area (Å²) in [5, 5.41) is 19.3. The first-order valence-electron chi connectivity index (χ1n) is 9.43. The predicted molar refractivity (Wildman–Crippen MR) is 102 cm³/mol. The van der Waals surface area contributed by atoms with Crippen LogP contribution in [0.2, 0.25) is 0 Å². The Balaban J connectivity index is 1.48. The number of Topliss-reactive ketones (excluding diaryl/α,β-unsaturated/α-hetero) is 1. The van der Waals surface area contributed by atoms with Crippen molar-refractivity contribution in [2.75, 3.05) is 52.4 Å². The van der Waals surface area contributed by atoms with Crippen LogP contribution in [0.3, 0.4) is 0 Å². The van der Waals surface area contributed by atoms with E-state index in [1.807, 2.05) is 0 Å². The third kappa shape index (κ3) is 5.41. The van der Waals surface area contributed by atoms with Crippen LogP contribution in [-0.4, -0.2) is 94.4 Å². The zero-order valence-corrected chi connectivity index (χ0v) is 15.5. The fraction of sp³-hybridized carbons (Fsp3) is 0.579. The van der Waals surface area contributed by atoms with Gasteiger partial charge in [-0.15, -0.1) is 0 Å². The van der Waals surface area contributed by atoms with Crippen molar-refractivity contribution in [2.24, 2.45) is 4.99 Å². The lowest BCUT2D eigenvalue weighted by Crippen LogP contribution is -2.47. The maximum Gasteiger partial charge on any atom is 0.168 e. The van der Waals surface area contributed by atoms with Crippen LogP contribution in [-0.2, 0) is 4.79 Å². The van der Waals surface area contributed by atoms with E-state index in [4.69, 9.17) is 5.11 Å². The van der Waals surface area contributed by atoms with Crippen molar-refractivity contribution < 1.29 is 15.0 Å². The van der Waals surface area contributed by atoms with E-state index in [-0.39, 0.29) is 24.1 Å². The first-order chi connectivity index (χ1) is 13.2. The average Bonchev–Trinajstić information content (AvgIpc) is 2.69. The zero-order chi connectivity index (χ0) is 19.1. The molecular formula is C19H27N5O3. The first-order valence-corrected chi connectivity index (χ1v) is 9.43. The lowest BCUT2D eigenvalue weighted by Gasteiger charge is -2.33. The molecule has 1 aliphatic heterocycles. The molecule has 0 spiro atoms. The van der Waals surface area contributed by atoms with Crippen molar-refractivity contribution in [3.05, 3.63) is 35.6 Å². The highest BCUT2D eigenvalue weighted by Gasteiger charge is 2.28. The topological polar surface area (TPSA) is 102 Å². The number of aliphatic imine (C=N–C) groups is 1. The van der Waals surface area contributed by atoms with E-state index < -0.39 is 0 Å². The normalized spacial score (nSPS) is 22.7. The lowest BCUT2D eigenvalue weighted by atomic mass is 9.84. The number of hydrogen-bond acceptors (Lipinski definition) is 8. The molecule has 8 nitrogen and oxygen atoms in total.